The monoisotopic (exact) mass is 349 g/mol. The minimum absolute atomic E-state index is 0.0812. The Labute approximate surface area is 130 Å². The molecule has 10 heteroatoms. The van der Waals surface area contributed by atoms with Crippen LogP contribution in [0.25, 0.3) is 5.69 Å². The fraction of sp³-hybridized carbons (Fsp3) is 0.0833. The highest BCUT2D eigenvalue weighted by atomic mass is 35.5. The van der Waals surface area contributed by atoms with E-state index in [0.717, 1.165) is 12.1 Å². The maximum atomic E-state index is 13.0. The molecule has 0 saturated heterocycles. The molecule has 0 bridgehead atoms. The van der Waals surface area contributed by atoms with Crippen molar-refractivity contribution in [1.82, 2.24) is 9.55 Å². The highest BCUT2D eigenvalue weighted by Gasteiger charge is 2.36. The summed E-state index contributed by atoms with van der Waals surface area (Å²) in [4.78, 5) is 24.6. The number of nitriles is 1. The molecular weight excluding hydrogens is 346 g/mol. The van der Waals surface area contributed by atoms with Crippen molar-refractivity contribution in [3.63, 3.8) is 0 Å². The van der Waals surface area contributed by atoms with Gasteiger partial charge in [0.1, 0.15) is 11.8 Å². The lowest BCUT2D eigenvalue weighted by molar-refractivity contribution is -0.143. The summed E-state index contributed by atoms with van der Waals surface area (Å²) >= 11 is 11.5. The minimum atomic E-state index is -4.98. The first kappa shape index (κ1) is 16.1. The van der Waals surface area contributed by atoms with Crippen molar-refractivity contribution in [1.29, 1.82) is 5.26 Å². The van der Waals surface area contributed by atoms with Gasteiger partial charge < -0.3 is 0 Å². The second-order valence-corrected chi connectivity index (χ2v) is 4.87. The van der Waals surface area contributed by atoms with Crippen molar-refractivity contribution in [2.45, 2.75) is 6.18 Å². The molecule has 5 nitrogen and oxygen atoms in total. The van der Waals surface area contributed by atoms with Gasteiger partial charge in [0.25, 0.3) is 5.56 Å². The summed E-state index contributed by atoms with van der Waals surface area (Å²) in [7, 11) is 0. The third-order valence-electron chi connectivity index (χ3n) is 2.63. The van der Waals surface area contributed by atoms with E-state index in [-0.39, 0.29) is 26.2 Å². The molecule has 1 aromatic heterocycles. The third-order valence-corrected chi connectivity index (χ3v) is 3.25. The van der Waals surface area contributed by atoms with Gasteiger partial charge in [-0.05, 0) is 12.1 Å². The molecule has 0 amide bonds. The first-order chi connectivity index (χ1) is 10.1. The highest BCUT2D eigenvalue weighted by molar-refractivity contribution is 6.36. The van der Waals surface area contributed by atoms with Crippen LogP contribution in [0, 0.1) is 11.3 Å². The van der Waals surface area contributed by atoms with Crippen molar-refractivity contribution in [3.05, 3.63) is 60.3 Å². The van der Waals surface area contributed by atoms with E-state index in [9.17, 15) is 22.8 Å². The minimum Gasteiger partial charge on any atom is -0.274 e. The van der Waals surface area contributed by atoms with Crippen LogP contribution in [0.15, 0.2) is 27.8 Å². The Morgan fingerprint density at radius 1 is 1.14 bits per heavy atom. The second kappa shape index (κ2) is 5.51. The molecule has 0 fully saturated rings. The smallest absolute Gasteiger partial charge is 0.274 e. The summed E-state index contributed by atoms with van der Waals surface area (Å²) in [5, 5.41) is 8.51. The van der Waals surface area contributed by atoms with E-state index >= 15 is 0 Å². The molecule has 0 spiro atoms. The molecule has 0 atom stereocenters. The molecule has 0 radical (unpaired) electrons. The number of hydrogen-bond acceptors (Lipinski definition) is 3. The van der Waals surface area contributed by atoms with Gasteiger partial charge in [-0.25, -0.2) is 4.79 Å². The summed E-state index contributed by atoms with van der Waals surface area (Å²) in [5.74, 6) is 0. The van der Waals surface area contributed by atoms with Crippen LogP contribution in [0.5, 0.6) is 0 Å². The van der Waals surface area contributed by atoms with Crippen LogP contribution in [0.2, 0.25) is 10.0 Å². The zero-order chi connectivity index (χ0) is 16.7. The molecule has 1 aromatic carbocycles. The van der Waals surface area contributed by atoms with Crippen LogP contribution in [-0.2, 0) is 6.18 Å². The van der Waals surface area contributed by atoms with E-state index in [1.807, 2.05) is 0 Å². The van der Waals surface area contributed by atoms with E-state index in [0.29, 0.717) is 0 Å². The van der Waals surface area contributed by atoms with Crippen LogP contribution in [0.3, 0.4) is 0 Å². The van der Waals surface area contributed by atoms with Gasteiger partial charge in [0, 0.05) is 6.07 Å². The Morgan fingerprint density at radius 2 is 1.77 bits per heavy atom. The first-order valence-corrected chi connectivity index (χ1v) is 6.24. The molecule has 1 N–H and O–H groups in total. The largest absolute Gasteiger partial charge is 0.432 e. The van der Waals surface area contributed by atoms with Gasteiger partial charge in [-0.1, -0.05) is 23.2 Å². The average molecular weight is 350 g/mol. The Hall–Kier alpha value is -2.24. The zero-order valence-corrected chi connectivity index (χ0v) is 11.8. The number of H-pyrrole nitrogens is 1. The van der Waals surface area contributed by atoms with Gasteiger partial charge in [-0.3, -0.25) is 14.3 Å². The van der Waals surface area contributed by atoms with E-state index in [4.69, 9.17) is 28.5 Å². The molecular formula is C12H4Cl2F3N3O2. The van der Waals surface area contributed by atoms with Gasteiger partial charge in [0.05, 0.1) is 21.3 Å². The molecule has 0 saturated carbocycles. The fourth-order valence-corrected chi connectivity index (χ4v) is 2.25. The van der Waals surface area contributed by atoms with Crippen LogP contribution < -0.4 is 11.2 Å². The third kappa shape index (κ3) is 2.86. The van der Waals surface area contributed by atoms with Crippen LogP contribution in [0.1, 0.15) is 11.3 Å². The lowest BCUT2D eigenvalue weighted by atomic mass is 10.2. The zero-order valence-electron chi connectivity index (χ0n) is 10.3. The van der Waals surface area contributed by atoms with Crippen LogP contribution in [0.4, 0.5) is 13.2 Å². The number of halogens is 5. The topological polar surface area (TPSA) is 78.7 Å². The normalized spacial score (nSPS) is 11.3. The molecule has 0 aliphatic carbocycles. The molecule has 2 rings (SSSR count). The van der Waals surface area contributed by atoms with Crippen molar-refractivity contribution in [3.8, 4) is 11.8 Å². The van der Waals surface area contributed by atoms with Gasteiger partial charge in [0.15, 0.2) is 0 Å². The maximum Gasteiger partial charge on any atom is 0.432 e. The quantitative estimate of drug-likeness (QED) is 0.859. The Morgan fingerprint density at radius 3 is 2.32 bits per heavy atom. The van der Waals surface area contributed by atoms with Crippen molar-refractivity contribution < 1.29 is 13.2 Å². The molecule has 0 aliphatic heterocycles. The Balaban J connectivity index is 2.93. The van der Waals surface area contributed by atoms with Crippen molar-refractivity contribution in [2.75, 3.05) is 0 Å². The number of hydrogen-bond donors (Lipinski definition) is 1. The van der Waals surface area contributed by atoms with Crippen molar-refractivity contribution >= 4 is 23.2 Å². The van der Waals surface area contributed by atoms with Gasteiger partial charge in [0.2, 0.25) is 0 Å². The summed E-state index contributed by atoms with van der Waals surface area (Å²) < 4.78 is 39.3. The lowest BCUT2D eigenvalue weighted by Gasteiger charge is -2.16. The average Bonchev–Trinajstić information content (AvgIpc) is 2.38. The first-order valence-electron chi connectivity index (χ1n) is 5.48. The number of benzene rings is 1. The Kier molecular flexibility index (Phi) is 4.04. The standard InChI is InChI=1S/C12H4Cl2F3N3O2/c13-6-2-7(14)8(1-5(6)4-18)20-9(12(15,16)17)3-10(21)19-11(20)22/h1-3H,(H,19,21,22). The van der Waals surface area contributed by atoms with E-state index in [1.165, 1.54) is 0 Å². The maximum absolute atomic E-state index is 13.0. The molecule has 22 heavy (non-hydrogen) atoms. The molecule has 0 aliphatic rings. The SMILES string of the molecule is N#Cc1cc(-n2c(C(F)(F)F)cc(=O)[nH]c2=O)c(Cl)cc1Cl. The molecule has 114 valence electrons. The predicted octanol–water partition coefficient (Wildman–Crippen LogP) is 2.72. The highest BCUT2D eigenvalue weighted by Crippen LogP contribution is 2.32. The number of nitrogens with zero attached hydrogens (tertiary/aromatic N) is 2. The fourth-order valence-electron chi connectivity index (χ4n) is 1.74. The number of aromatic nitrogens is 2. The van der Waals surface area contributed by atoms with Crippen LogP contribution >= 0.6 is 23.2 Å². The van der Waals surface area contributed by atoms with Crippen molar-refractivity contribution in [2.24, 2.45) is 0 Å². The summed E-state index contributed by atoms with van der Waals surface area (Å²) in [6.45, 7) is 0. The van der Waals surface area contributed by atoms with E-state index < -0.39 is 28.8 Å². The predicted molar refractivity (Wildman–Crippen MR) is 72.4 cm³/mol. The number of alkyl halides is 3. The van der Waals surface area contributed by atoms with Gasteiger partial charge in [-0.2, -0.15) is 18.4 Å². The van der Waals surface area contributed by atoms with Crippen LogP contribution in [-0.4, -0.2) is 9.55 Å². The number of rotatable bonds is 1. The van der Waals surface area contributed by atoms with Gasteiger partial charge in [-0.15, -0.1) is 0 Å². The molecule has 2 aromatic rings. The summed E-state index contributed by atoms with van der Waals surface area (Å²) in [5.41, 5.74) is -4.66. The molecule has 1 heterocycles. The summed E-state index contributed by atoms with van der Waals surface area (Å²) in [6.07, 6.45) is -4.98. The molecule has 0 unspecified atom stereocenters. The Bertz CT molecular complexity index is 910. The number of aromatic amines is 1. The van der Waals surface area contributed by atoms with E-state index in [2.05, 4.69) is 0 Å². The van der Waals surface area contributed by atoms with E-state index in [1.54, 1.807) is 11.1 Å². The van der Waals surface area contributed by atoms with Gasteiger partial charge >= 0.3 is 11.9 Å². The summed E-state index contributed by atoms with van der Waals surface area (Å²) in [6, 6.07) is 3.85. The number of nitrogens with one attached hydrogen (secondary N) is 1. The second-order valence-electron chi connectivity index (χ2n) is 4.05. The lowest BCUT2D eigenvalue weighted by Crippen LogP contribution is -2.34.